The number of amides is 1. The fraction of sp³-hybridized carbons (Fsp3) is 0.889. The second-order valence-electron chi connectivity index (χ2n) is 2.95. The third-order valence-corrected chi connectivity index (χ3v) is 1.71. The Labute approximate surface area is 74.7 Å². The maximum Gasteiger partial charge on any atom is 0.220 e. The molecule has 1 fully saturated rings. The van der Waals surface area contributed by atoms with Gasteiger partial charge in [-0.05, 0) is 19.4 Å². The summed E-state index contributed by atoms with van der Waals surface area (Å²) >= 11 is 0. The van der Waals surface area contributed by atoms with Crippen molar-refractivity contribution in [3.8, 4) is 0 Å². The molecule has 0 saturated carbocycles. The van der Waals surface area contributed by atoms with Gasteiger partial charge in [-0.3, -0.25) is 4.79 Å². The number of unbranched alkanes of at least 4 members (excludes halogenated alkanes) is 2. The van der Waals surface area contributed by atoms with Crippen LogP contribution in [0.5, 0.6) is 0 Å². The van der Waals surface area contributed by atoms with Crippen LogP contribution in [-0.4, -0.2) is 19.0 Å². The monoisotopic (exact) mass is 172 g/mol. The number of carbonyl (C=O) groups is 1. The van der Waals surface area contributed by atoms with E-state index >= 15 is 0 Å². The van der Waals surface area contributed by atoms with E-state index in [9.17, 15) is 4.79 Å². The van der Waals surface area contributed by atoms with Crippen LogP contribution in [-0.2, 0) is 4.79 Å². The molecule has 0 unspecified atom stereocenters. The van der Waals surface area contributed by atoms with Crippen LogP contribution < -0.4 is 11.1 Å². The molecule has 0 aromatic carbocycles. The van der Waals surface area contributed by atoms with Crippen LogP contribution in [0.25, 0.3) is 0 Å². The van der Waals surface area contributed by atoms with E-state index in [1.165, 1.54) is 19.3 Å². The van der Waals surface area contributed by atoms with Crippen molar-refractivity contribution in [3.63, 3.8) is 0 Å². The fourth-order valence-corrected chi connectivity index (χ4v) is 0.959. The highest BCUT2D eigenvalue weighted by atomic mass is 16.1. The van der Waals surface area contributed by atoms with Gasteiger partial charge in [0.15, 0.2) is 0 Å². The van der Waals surface area contributed by atoms with Crippen LogP contribution in [0, 0.1) is 0 Å². The van der Waals surface area contributed by atoms with Gasteiger partial charge in [0.1, 0.15) is 0 Å². The largest absolute Gasteiger partial charge is 0.356 e. The molecule has 1 aliphatic rings. The Morgan fingerprint density at radius 2 is 2.25 bits per heavy atom. The molecule has 1 amide bonds. The first-order valence-corrected chi connectivity index (χ1v) is 4.78. The zero-order valence-corrected chi connectivity index (χ0v) is 7.94. The van der Waals surface area contributed by atoms with Crippen molar-refractivity contribution in [1.29, 1.82) is 0 Å². The van der Waals surface area contributed by atoms with Crippen LogP contribution in [0.15, 0.2) is 0 Å². The van der Waals surface area contributed by atoms with Gasteiger partial charge in [-0.2, -0.15) is 0 Å². The summed E-state index contributed by atoms with van der Waals surface area (Å²) in [5.74, 6) is 0.204. The van der Waals surface area contributed by atoms with E-state index in [0.717, 1.165) is 25.9 Å². The minimum Gasteiger partial charge on any atom is -0.356 e. The molecule has 1 heterocycles. The van der Waals surface area contributed by atoms with E-state index in [1.807, 2.05) is 0 Å². The Hall–Kier alpha value is -0.570. The highest BCUT2D eigenvalue weighted by Gasteiger charge is 2.05. The average molecular weight is 172 g/mol. The summed E-state index contributed by atoms with van der Waals surface area (Å²) in [5, 5.41) is 2.68. The SMILES string of the molecule is CCCCCN.O=C1CCCN1. The molecule has 0 atom stereocenters. The standard InChI is InChI=1S/C5H13N.C4H7NO/c1-2-3-4-5-6;6-4-2-1-3-5-4/h2-6H2,1H3;1-3H2,(H,5,6). The predicted octanol–water partition coefficient (Wildman–Crippen LogP) is 1.03. The first-order chi connectivity index (χ1) is 5.81. The fourth-order valence-electron chi connectivity index (χ4n) is 0.959. The van der Waals surface area contributed by atoms with Crippen LogP contribution >= 0.6 is 0 Å². The summed E-state index contributed by atoms with van der Waals surface area (Å²) in [6.45, 7) is 3.92. The minimum absolute atomic E-state index is 0.204. The second-order valence-corrected chi connectivity index (χ2v) is 2.95. The number of hydrogen-bond acceptors (Lipinski definition) is 2. The topological polar surface area (TPSA) is 55.1 Å². The van der Waals surface area contributed by atoms with Crippen molar-refractivity contribution < 1.29 is 4.79 Å². The van der Waals surface area contributed by atoms with Gasteiger partial charge in [-0.1, -0.05) is 19.8 Å². The Bertz CT molecular complexity index is 103. The maximum atomic E-state index is 10.1. The number of nitrogens with two attached hydrogens (primary N) is 1. The van der Waals surface area contributed by atoms with E-state index in [-0.39, 0.29) is 5.91 Å². The summed E-state index contributed by atoms with van der Waals surface area (Å²) in [7, 11) is 0. The molecule has 1 aliphatic heterocycles. The molecule has 12 heavy (non-hydrogen) atoms. The Morgan fingerprint density at radius 1 is 1.50 bits per heavy atom. The van der Waals surface area contributed by atoms with Crippen molar-refractivity contribution in [2.24, 2.45) is 5.73 Å². The van der Waals surface area contributed by atoms with Crippen LogP contribution in [0.2, 0.25) is 0 Å². The summed E-state index contributed by atoms with van der Waals surface area (Å²) in [5.41, 5.74) is 5.21. The minimum atomic E-state index is 0.204. The zero-order valence-electron chi connectivity index (χ0n) is 7.94. The lowest BCUT2D eigenvalue weighted by Gasteiger charge is -1.86. The first kappa shape index (κ1) is 11.4. The van der Waals surface area contributed by atoms with E-state index in [2.05, 4.69) is 12.2 Å². The zero-order chi connectivity index (χ0) is 9.23. The molecule has 72 valence electrons. The van der Waals surface area contributed by atoms with Gasteiger partial charge in [0.25, 0.3) is 0 Å². The molecule has 0 bridgehead atoms. The molecular formula is C9H20N2O. The van der Waals surface area contributed by atoms with E-state index < -0.39 is 0 Å². The Balaban J connectivity index is 0.000000202. The van der Waals surface area contributed by atoms with E-state index in [4.69, 9.17) is 5.73 Å². The molecule has 3 heteroatoms. The van der Waals surface area contributed by atoms with E-state index in [1.54, 1.807) is 0 Å². The van der Waals surface area contributed by atoms with Crippen LogP contribution in [0.1, 0.15) is 39.0 Å². The number of nitrogens with one attached hydrogen (secondary N) is 1. The first-order valence-electron chi connectivity index (χ1n) is 4.78. The molecule has 0 aromatic heterocycles. The van der Waals surface area contributed by atoms with Crippen LogP contribution in [0.3, 0.4) is 0 Å². The number of carbonyl (C=O) groups excluding carboxylic acids is 1. The lowest BCUT2D eigenvalue weighted by molar-refractivity contribution is -0.119. The third-order valence-electron chi connectivity index (χ3n) is 1.71. The molecule has 0 aromatic rings. The average Bonchev–Trinajstić information content (AvgIpc) is 2.53. The van der Waals surface area contributed by atoms with E-state index in [0.29, 0.717) is 0 Å². The summed E-state index contributed by atoms with van der Waals surface area (Å²) in [6, 6.07) is 0. The summed E-state index contributed by atoms with van der Waals surface area (Å²) < 4.78 is 0. The number of rotatable bonds is 3. The van der Waals surface area contributed by atoms with Gasteiger partial charge in [0.05, 0.1) is 0 Å². The number of hydrogen-bond donors (Lipinski definition) is 2. The van der Waals surface area contributed by atoms with Gasteiger partial charge >= 0.3 is 0 Å². The molecule has 0 radical (unpaired) electrons. The third kappa shape index (κ3) is 7.54. The van der Waals surface area contributed by atoms with Crippen molar-refractivity contribution in [2.75, 3.05) is 13.1 Å². The molecule has 0 aliphatic carbocycles. The molecule has 1 rings (SSSR count). The van der Waals surface area contributed by atoms with Gasteiger partial charge < -0.3 is 11.1 Å². The Kier molecular flexibility index (Phi) is 8.12. The predicted molar refractivity (Wildman–Crippen MR) is 50.8 cm³/mol. The van der Waals surface area contributed by atoms with Crippen molar-refractivity contribution in [2.45, 2.75) is 39.0 Å². The normalized spacial score (nSPS) is 15.0. The Morgan fingerprint density at radius 3 is 2.42 bits per heavy atom. The molecule has 3 N–H and O–H groups in total. The van der Waals surface area contributed by atoms with Gasteiger partial charge in [-0.15, -0.1) is 0 Å². The van der Waals surface area contributed by atoms with Gasteiger partial charge in [-0.25, -0.2) is 0 Å². The summed E-state index contributed by atoms with van der Waals surface area (Å²) in [6.07, 6.45) is 5.52. The maximum absolute atomic E-state index is 10.1. The summed E-state index contributed by atoms with van der Waals surface area (Å²) in [4.78, 5) is 10.1. The lowest BCUT2D eigenvalue weighted by atomic mass is 10.3. The van der Waals surface area contributed by atoms with Gasteiger partial charge in [0.2, 0.25) is 5.91 Å². The van der Waals surface area contributed by atoms with Crippen LogP contribution in [0.4, 0.5) is 0 Å². The smallest absolute Gasteiger partial charge is 0.220 e. The molecule has 1 saturated heterocycles. The molecular weight excluding hydrogens is 152 g/mol. The second kappa shape index (κ2) is 8.53. The lowest BCUT2D eigenvalue weighted by Crippen LogP contribution is -2.12. The van der Waals surface area contributed by atoms with Crippen molar-refractivity contribution >= 4 is 5.91 Å². The van der Waals surface area contributed by atoms with Gasteiger partial charge in [0, 0.05) is 13.0 Å². The quantitative estimate of drug-likeness (QED) is 0.625. The molecule has 0 spiro atoms. The molecule has 3 nitrogen and oxygen atoms in total. The van der Waals surface area contributed by atoms with Crippen molar-refractivity contribution in [3.05, 3.63) is 0 Å². The highest BCUT2D eigenvalue weighted by Crippen LogP contribution is 1.93. The highest BCUT2D eigenvalue weighted by molar-refractivity contribution is 5.77. The van der Waals surface area contributed by atoms with Crippen molar-refractivity contribution in [1.82, 2.24) is 5.32 Å².